The standard InChI is InChI=1S/C13H11BrClIN2O/c1-7(2)18-12(9(14)6-17-18)13(19)8-3-4-11(16)10(15)5-8/h3-7H,1-2H3. The van der Waals surface area contributed by atoms with E-state index in [9.17, 15) is 4.79 Å². The third-order valence-corrected chi connectivity index (χ3v) is 4.79. The molecule has 1 aromatic carbocycles. The first-order chi connectivity index (χ1) is 8.91. The number of hydrogen-bond acceptors (Lipinski definition) is 2. The van der Waals surface area contributed by atoms with Crippen LogP contribution in [0.3, 0.4) is 0 Å². The molecule has 0 atom stereocenters. The van der Waals surface area contributed by atoms with Crippen molar-refractivity contribution in [2.75, 3.05) is 0 Å². The van der Waals surface area contributed by atoms with Crippen molar-refractivity contribution in [1.29, 1.82) is 0 Å². The van der Waals surface area contributed by atoms with Gasteiger partial charge in [0.1, 0.15) is 5.69 Å². The van der Waals surface area contributed by atoms with Gasteiger partial charge in [0, 0.05) is 15.2 Å². The third-order valence-electron chi connectivity index (χ3n) is 2.64. The number of aromatic nitrogens is 2. The summed E-state index contributed by atoms with van der Waals surface area (Å²) in [6, 6.07) is 5.42. The highest BCUT2D eigenvalue weighted by Crippen LogP contribution is 2.25. The summed E-state index contributed by atoms with van der Waals surface area (Å²) >= 11 is 11.6. The molecular formula is C13H11BrClIN2O. The van der Waals surface area contributed by atoms with Crippen molar-refractivity contribution in [1.82, 2.24) is 9.78 Å². The Balaban J connectivity index is 2.49. The normalized spacial score (nSPS) is 11.1. The van der Waals surface area contributed by atoms with E-state index >= 15 is 0 Å². The lowest BCUT2D eigenvalue weighted by molar-refractivity contribution is 0.102. The van der Waals surface area contributed by atoms with Gasteiger partial charge in [-0.05, 0) is 70.6 Å². The molecular weight excluding hydrogens is 442 g/mol. The number of halogens is 3. The summed E-state index contributed by atoms with van der Waals surface area (Å²) in [4.78, 5) is 12.6. The van der Waals surface area contributed by atoms with Crippen LogP contribution in [0.15, 0.2) is 28.9 Å². The highest BCUT2D eigenvalue weighted by molar-refractivity contribution is 14.1. The summed E-state index contributed by atoms with van der Waals surface area (Å²) in [6.45, 7) is 3.97. The van der Waals surface area contributed by atoms with Crippen molar-refractivity contribution in [3.05, 3.63) is 48.7 Å². The van der Waals surface area contributed by atoms with E-state index in [1.54, 1.807) is 23.0 Å². The first-order valence-corrected chi connectivity index (χ1v) is 7.89. The number of rotatable bonds is 3. The lowest BCUT2D eigenvalue weighted by atomic mass is 10.1. The highest BCUT2D eigenvalue weighted by atomic mass is 127. The second-order valence-electron chi connectivity index (χ2n) is 4.34. The Labute approximate surface area is 138 Å². The molecule has 1 heterocycles. The summed E-state index contributed by atoms with van der Waals surface area (Å²) in [5.74, 6) is -0.0867. The van der Waals surface area contributed by atoms with Gasteiger partial charge in [0.15, 0.2) is 0 Å². The Bertz CT molecular complexity index is 640. The number of nitrogens with zero attached hydrogens (tertiary/aromatic N) is 2. The topological polar surface area (TPSA) is 34.9 Å². The Kier molecular flexibility index (Phi) is 4.68. The van der Waals surface area contributed by atoms with Crippen molar-refractivity contribution in [3.63, 3.8) is 0 Å². The molecule has 0 spiro atoms. The van der Waals surface area contributed by atoms with Gasteiger partial charge in [0.2, 0.25) is 5.78 Å². The maximum atomic E-state index is 12.6. The quantitative estimate of drug-likeness (QED) is 0.498. The first kappa shape index (κ1) is 15.0. The van der Waals surface area contributed by atoms with Gasteiger partial charge in [0.05, 0.1) is 15.7 Å². The van der Waals surface area contributed by atoms with Crippen LogP contribution in [0.2, 0.25) is 5.02 Å². The molecule has 6 heteroatoms. The maximum Gasteiger partial charge on any atom is 0.212 e. The Morgan fingerprint density at radius 1 is 1.47 bits per heavy atom. The molecule has 0 aliphatic rings. The second kappa shape index (κ2) is 5.93. The molecule has 100 valence electrons. The Hall–Kier alpha value is -0.400. The molecule has 19 heavy (non-hydrogen) atoms. The van der Waals surface area contributed by atoms with Gasteiger partial charge in [-0.25, -0.2) is 0 Å². The van der Waals surface area contributed by atoms with Gasteiger partial charge in [0.25, 0.3) is 0 Å². The second-order valence-corrected chi connectivity index (χ2v) is 6.76. The van der Waals surface area contributed by atoms with Crippen LogP contribution >= 0.6 is 50.1 Å². The monoisotopic (exact) mass is 452 g/mol. The minimum Gasteiger partial charge on any atom is -0.287 e. The third kappa shape index (κ3) is 3.03. The minimum absolute atomic E-state index is 0.0867. The molecule has 0 bridgehead atoms. The van der Waals surface area contributed by atoms with E-state index in [-0.39, 0.29) is 11.8 Å². The molecule has 0 N–H and O–H groups in total. The van der Waals surface area contributed by atoms with Gasteiger partial charge < -0.3 is 0 Å². The van der Waals surface area contributed by atoms with Crippen molar-refractivity contribution in [3.8, 4) is 0 Å². The molecule has 0 aliphatic carbocycles. The zero-order valence-electron chi connectivity index (χ0n) is 10.3. The number of ketones is 1. The van der Waals surface area contributed by atoms with Crippen LogP contribution in [-0.2, 0) is 0 Å². The predicted octanol–water partition coefficient (Wildman–Crippen LogP) is 4.72. The largest absolute Gasteiger partial charge is 0.287 e. The molecule has 0 saturated heterocycles. The molecule has 0 amide bonds. The van der Waals surface area contributed by atoms with Gasteiger partial charge in [-0.1, -0.05) is 11.6 Å². The van der Waals surface area contributed by atoms with E-state index in [0.717, 1.165) is 3.57 Å². The molecule has 2 aromatic rings. The zero-order chi connectivity index (χ0) is 14.2. The molecule has 2 rings (SSSR count). The molecule has 0 aliphatic heterocycles. The fraction of sp³-hybridized carbons (Fsp3) is 0.231. The van der Waals surface area contributed by atoms with E-state index in [1.165, 1.54) is 0 Å². The van der Waals surface area contributed by atoms with Crippen molar-refractivity contribution in [2.45, 2.75) is 19.9 Å². The summed E-state index contributed by atoms with van der Waals surface area (Å²) in [7, 11) is 0. The van der Waals surface area contributed by atoms with E-state index in [4.69, 9.17) is 11.6 Å². The van der Waals surface area contributed by atoms with Crippen LogP contribution in [-0.4, -0.2) is 15.6 Å². The number of carbonyl (C=O) groups excluding carboxylic acids is 1. The number of hydrogen-bond donors (Lipinski definition) is 0. The van der Waals surface area contributed by atoms with Crippen LogP contribution in [0.4, 0.5) is 0 Å². The van der Waals surface area contributed by atoms with Gasteiger partial charge in [-0.15, -0.1) is 0 Å². The van der Waals surface area contributed by atoms with E-state index in [0.29, 0.717) is 20.8 Å². The van der Waals surface area contributed by atoms with Crippen molar-refractivity contribution in [2.24, 2.45) is 0 Å². The van der Waals surface area contributed by atoms with Crippen LogP contribution in [0.5, 0.6) is 0 Å². The maximum absolute atomic E-state index is 12.6. The summed E-state index contributed by atoms with van der Waals surface area (Å²) in [6.07, 6.45) is 1.64. The molecule has 1 aromatic heterocycles. The lowest BCUT2D eigenvalue weighted by Gasteiger charge is -2.11. The van der Waals surface area contributed by atoms with Crippen molar-refractivity contribution < 1.29 is 4.79 Å². The summed E-state index contributed by atoms with van der Waals surface area (Å²) < 4.78 is 3.33. The molecule has 0 unspecified atom stereocenters. The van der Waals surface area contributed by atoms with Gasteiger partial charge >= 0.3 is 0 Å². The molecule has 0 saturated carbocycles. The van der Waals surface area contributed by atoms with E-state index in [2.05, 4.69) is 43.6 Å². The predicted molar refractivity (Wildman–Crippen MR) is 87.9 cm³/mol. The Morgan fingerprint density at radius 3 is 2.74 bits per heavy atom. The van der Waals surface area contributed by atoms with Gasteiger partial charge in [-0.2, -0.15) is 5.10 Å². The summed E-state index contributed by atoms with van der Waals surface area (Å²) in [5, 5.41) is 4.80. The molecule has 0 radical (unpaired) electrons. The zero-order valence-corrected chi connectivity index (χ0v) is 14.8. The molecule has 0 fully saturated rings. The fourth-order valence-corrected chi connectivity index (χ4v) is 2.69. The minimum atomic E-state index is -0.0867. The van der Waals surface area contributed by atoms with Gasteiger partial charge in [-0.3, -0.25) is 9.48 Å². The van der Waals surface area contributed by atoms with E-state index in [1.807, 2.05) is 19.9 Å². The number of carbonyl (C=O) groups is 1. The first-order valence-electron chi connectivity index (χ1n) is 5.64. The summed E-state index contributed by atoms with van der Waals surface area (Å²) in [5.41, 5.74) is 1.11. The lowest BCUT2D eigenvalue weighted by Crippen LogP contribution is -2.14. The van der Waals surface area contributed by atoms with E-state index < -0.39 is 0 Å². The van der Waals surface area contributed by atoms with Crippen LogP contribution in [0.25, 0.3) is 0 Å². The molecule has 3 nitrogen and oxygen atoms in total. The Morgan fingerprint density at radius 2 is 2.16 bits per heavy atom. The van der Waals surface area contributed by atoms with Crippen LogP contribution in [0.1, 0.15) is 35.9 Å². The van der Waals surface area contributed by atoms with Crippen LogP contribution in [0, 0.1) is 3.57 Å². The van der Waals surface area contributed by atoms with Crippen molar-refractivity contribution >= 4 is 55.9 Å². The SMILES string of the molecule is CC(C)n1ncc(Br)c1C(=O)c1ccc(I)c(Cl)c1. The number of benzene rings is 1. The fourth-order valence-electron chi connectivity index (χ4n) is 1.72. The van der Waals surface area contributed by atoms with Crippen LogP contribution < -0.4 is 0 Å². The average molecular weight is 454 g/mol. The average Bonchev–Trinajstić information content (AvgIpc) is 2.74. The smallest absolute Gasteiger partial charge is 0.212 e. The highest BCUT2D eigenvalue weighted by Gasteiger charge is 2.20.